The van der Waals surface area contributed by atoms with Crippen LogP contribution < -0.4 is 9.62 Å². The van der Waals surface area contributed by atoms with Crippen LogP contribution in [0.1, 0.15) is 56.6 Å². The Morgan fingerprint density at radius 3 is 2.38 bits per heavy atom. The summed E-state index contributed by atoms with van der Waals surface area (Å²) in [5.74, 6) is -0.741. The Bertz CT molecular complexity index is 1220. The minimum absolute atomic E-state index is 0.0707. The Labute approximate surface area is 230 Å². The first-order valence-electron chi connectivity index (χ1n) is 12.6. The van der Waals surface area contributed by atoms with E-state index in [1.165, 1.54) is 11.0 Å². The lowest BCUT2D eigenvalue weighted by atomic mass is 9.95. The maximum Gasteiger partial charge on any atom is 0.244 e. The van der Waals surface area contributed by atoms with E-state index >= 15 is 0 Å². The molecule has 2 aromatic carbocycles. The lowest BCUT2D eigenvalue weighted by Gasteiger charge is -2.34. The molecule has 10 heteroatoms. The van der Waals surface area contributed by atoms with Gasteiger partial charge in [-0.1, -0.05) is 73.7 Å². The third kappa shape index (κ3) is 7.85. The van der Waals surface area contributed by atoms with Crippen LogP contribution in [0.25, 0.3) is 0 Å². The fourth-order valence-corrected chi connectivity index (χ4v) is 5.98. The molecule has 0 aliphatic heterocycles. The summed E-state index contributed by atoms with van der Waals surface area (Å²) in [5, 5.41) is 3.94. The molecule has 0 radical (unpaired) electrons. The van der Waals surface area contributed by atoms with Crippen molar-refractivity contribution < 1.29 is 18.0 Å². The SMILES string of the molecule is CCC(C(=O)NC1CCCCC1)N(Cc1ccccc1Cl)C(=O)CN(c1cc(Cl)ccc1C)S(C)(=O)=O. The van der Waals surface area contributed by atoms with E-state index < -0.39 is 28.5 Å². The van der Waals surface area contributed by atoms with Crippen molar-refractivity contribution in [2.24, 2.45) is 0 Å². The van der Waals surface area contributed by atoms with Gasteiger partial charge < -0.3 is 10.2 Å². The number of hydrogen-bond acceptors (Lipinski definition) is 4. The zero-order valence-electron chi connectivity index (χ0n) is 21.5. The van der Waals surface area contributed by atoms with Gasteiger partial charge in [0.15, 0.2) is 0 Å². The molecule has 202 valence electrons. The number of sulfonamides is 1. The predicted molar refractivity (Wildman–Crippen MR) is 149 cm³/mol. The Morgan fingerprint density at radius 2 is 1.76 bits per heavy atom. The molecule has 0 spiro atoms. The topological polar surface area (TPSA) is 86.8 Å². The number of carbonyl (C=O) groups excluding carboxylic acids is 2. The number of nitrogens with one attached hydrogen (secondary N) is 1. The van der Waals surface area contributed by atoms with Crippen molar-refractivity contribution in [3.8, 4) is 0 Å². The van der Waals surface area contributed by atoms with Crippen LogP contribution in [-0.4, -0.2) is 50.0 Å². The molecule has 0 saturated heterocycles. The number of amides is 2. The van der Waals surface area contributed by atoms with Crippen molar-refractivity contribution in [3.05, 3.63) is 63.6 Å². The molecule has 1 aliphatic rings. The van der Waals surface area contributed by atoms with Gasteiger partial charge in [0.1, 0.15) is 12.6 Å². The molecule has 1 N–H and O–H groups in total. The largest absolute Gasteiger partial charge is 0.352 e. The zero-order valence-corrected chi connectivity index (χ0v) is 23.9. The van der Waals surface area contributed by atoms with Crippen LogP contribution in [0.4, 0.5) is 5.69 Å². The van der Waals surface area contributed by atoms with Crippen LogP contribution in [0.2, 0.25) is 10.0 Å². The number of hydrogen-bond donors (Lipinski definition) is 1. The van der Waals surface area contributed by atoms with Gasteiger partial charge in [-0.05, 0) is 55.5 Å². The Morgan fingerprint density at radius 1 is 1.08 bits per heavy atom. The van der Waals surface area contributed by atoms with E-state index in [9.17, 15) is 18.0 Å². The van der Waals surface area contributed by atoms with Gasteiger partial charge in [0.25, 0.3) is 0 Å². The summed E-state index contributed by atoms with van der Waals surface area (Å²) in [5.41, 5.74) is 1.65. The number of aryl methyl sites for hydroxylation is 1. The third-order valence-electron chi connectivity index (χ3n) is 6.76. The molecule has 7 nitrogen and oxygen atoms in total. The number of anilines is 1. The zero-order chi connectivity index (χ0) is 27.2. The third-order valence-corrected chi connectivity index (χ3v) is 8.49. The molecule has 0 bridgehead atoms. The molecule has 0 aromatic heterocycles. The van der Waals surface area contributed by atoms with Crippen LogP contribution in [0.3, 0.4) is 0 Å². The fourth-order valence-electron chi connectivity index (χ4n) is 4.72. The first kappa shape index (κ1) is 29.3. The number of halogens is 2. The minimum Gasteiger partial charge on any atom is -0.352 e. The quantitative estimate of drug-likeness (QED) is 0.420. The second kappa shape index (κ2) is 13.0. The fraction of sp³-hybridized carbons (Fsp3) is 0.481. The molecule has 2 amide bonds. The highest BCUT2D eigenvalue weighted by Gasteiger charge is 2.33. The van der Waals surface area contributed by atoms with Crippen LogP contribution >= 0.6 is 23.2 Å². The molecular formula is C27H35Cl2N3O4S. The van der Waals surface area contributed by atoms with Crippen LogP contribution in [0.5, 0.6) is 0 Å². The molecular weight excluding hydrogens is 533 g/mol. The second-order valence-electron chi connectivity index (χ2n) is 9.58. The van der Waals surface area contributed by atoms with Gasteiger partial charge in [0.05, 0.1) is 11.9 Å². The van der Waals surface area contributed by atoms with Crippen molar-refractivity contribution in [2.75, 3.05) is 17.1 Å². The number of rotatable bonds is 10. The van der Waals surface area contributed by atoms with E-state index in [0.717, 1.165) is 42.7 Å². The van der Waals surface area contributed by atoms with Gasteiger partial charge in [-0.3, -0.25) is 13.9 Å². The van der Waals surface area contributed by atoms with E-state index in [2.05, 4.69) is 5.32 Å². The summed E-state index contributed by atoms with van der Waals surface area (Å²) in [7, 11) is -3.84. The highest BCUT2D eigenvalue weighted by molar-refractivity contribution is 7.92. The monoisotopic (exact) mass is 567 g/mol. The molecule has 1 saturated carbocycles. The van der Waals surface area contributed by atoms with Gasteiger partial charge in [-0.15, -0.1) is 0 Å². The molecule has 1 atom stereocenters. The van der Waals surface area contributed by atoms with E-state index in [0.29, 0.717) is 33.3 Å². The van der Waals surface area contributed by atoms with Crippen molar-refractivity contribution in [3.63, 3.8) is 0 Å². The maximum atomic E-state index is 13.8. The standard InChI is InChI=1S/C27H35Cl2N3O4S/c1-4-24(27(34)30-22-11-6-5-7-12-22)31(17-20-10-8-9-13-23(20)29)26(33)18-32(37(3,35)36)25-16-21(28)15-14-19(25)2/h8-10,13-16,22,24H,4-7,11-12,17-18H2,1-3H3,(H,30,34). The molecule has 1 aliphatic carbocycles. The summed E-state index contributed by atoms with van der Waals surface area (Å²) in [4.78, 5) is 28.7. The first-order chi connectivity index (χ1) is 17.5. The first-order valence-corrected chi connectivity index (χ1v) is 15.2. The summed E-state index contributed by atoms with van der Waals surface area (Å²) >= 11 is 12.6. The summed E-state index contributed by atoms with van der Waals surface area (Å²) < 4.78 is 26.7. The highest BCUT2D eigenvalue weighted by Crippen LogP contribution is 2.27. The van der Waals surface area contributed by atoms with Crippen LogP contribution in [-0.2, 0) is 26.2 Å². The van der Waals surface area contributed by atoms with E-state index in [1.54, 1.807) is 37.3 Å². The molecule has 37 heavy (non-hydrogen) atoms. The van der Waals surface area contributed by atoms with E-state index in [-0.39, 0.29) is 18.5 Å². The smallest absolute Gasteiger partial charge is 0.244 e. The van der Waals surface area contributed by atoms with Crippen molar-refractivity contribution >= 4 is 50.7 Å². The molecule has 3 rings (SSSR count). The van der Waals surface area contributed by atoms with Crippen molar-refractivity contribution in [2.45, 2.75) is 71.0 Å². The van der Waals surface area contributed by atoms with E-state index in [4.69, 9.17) is 23.2 Å². The molecule has 1 unspecified atom stereocenters. The van der Waals surface area contributed by atoms with Gasteiger partial charge in [0.2, 0.25) is 21.8 Å². The van der Waals surface area contributed by atoms with E-state index in [1.807, 2.05) is 13.0 Å². The molecule has 1 fully saturated rings. The Kier molecular flexibility index (Phi) is 10.3. The number of benzene rings is 2. The lowest BCUT2D eigenvalue weighted by molar-refractivity contribution is -0.140. The normalized spacial score (nSPS) is 15.2. The molecule has 2 aromatic rings. The average molecular weight is 569 g/mol. The van der Waals surface area contributed by atoms with Gasteiger partial charge in [-0.25, -0.2) is 8.42 Å². The average Bonchev–Trinajstić information content (AvgIpc) is 2.85. The highest BCUT2D eigenvalue weighted by atomic mass is 35.5. The maximum absolute atomic E-state index is 13.8. The summed E-state index contributed by atoms with van der Waals surface area (Å²) in [6.07, 6.45) is 6.52. The summed E-state index contributed by atoms with van der Waals surface area (Å²) in [6.45, 7) is 3.19. The van der Waals surface area contributed by atoms with Crippen LogP contribution in [0.15, 0.2) is 42.5 Å². The van der Waals surface area contributed by atoms with Crippen molar-refractivity contribution in [1.82, 2.24) is 10.2 Å². The Balaban J connectivity index is 1.95. The van der Waals surface area contributed by atoms with Gasteiger partial charge >= 0.3 is 0 Å². The minimum atomic E-state index is -3.84. The molecule has 0 heterocycles. The van der Waals surface area contributed by atoms with Gasteiger partial charge in [-0.2, -0.15) is 0 Å². The van der Waals surface area contributed by atoms with Crippen molar-refractivity contribution in [1.29, 1.82) is 0 Å². The number of carbonyl (C=O) groups is 2. The predicted octanol–water partition coefficient (Wildman–Crippen LogP) is 5.32. The van der Waals surface area contributed by atoms with Crippen LogP contribution in [0, 0.1) is 6.92 Å². The summed E-state index contributed by atoms with van der Waals surface area (Å²) in [6, 6.07) is 11.3. The number of nitrogens with zero attached hydrogens (tertiary/aromatic N) is 2. The second-order valence-corrected chi connectivity index (χ2v) is 12.3. The van der Waals surface area contributed by atoms with Gasteiger partial charge in [0, 0.05) is 22.6 Å². The Hall–Kier alpha value is -2.29. The lowest BCUT2D eigenvalue weighted by Crippen LogP contribution is -2.54.